The van der Waals surface area contributed by atoms with E-state index < -0.39 is 0 Å². The highest BCUT2D eigenvalue weighted by atomic mass is 32.1. The average molecular weight is 417 g/mol. The molecule has 6 heteroatoms. The van der Waals surface area contributed by atoms with Gasteiger partial charge in [-0.3, -0.25) is 9.69 Å². The Balaban J connectivity index is 1.58. The highest BCUT2D eigenvalue weighted by Crippen LogP contribution is 2.22. The van der Waals surface area contributed by atoms with E-state index in [9.17, 15) is 15.0 Å². The molecule has 0 radical (unpaired) electrons. The first kappa shape index (κ1) is 19.7. The van der Waals surface area contributed by atoms with Crippen LogP contribution < -0.4 is 0 Å². The Labute approximate surface area is 178 Å². The zero-order valence-corrected chi connectivity index (χ0v) is 16.9. The largest absolute Gasteiger partial charge is 0.508 e. The fourth-order valence-electron chi connectivity index (χ4n) is 3.08. The number of phenols is 2. The van der Waals surface area contributed by atoms with Gasteiger partial charge >= 0.3 is 0 Å². The van der Waals surface area contributed by atoms with Gasteiger partial charge in [-0.1, -0.05) is 36.4 Å². The number of amidine groups is 1. The van der Waals surface area contributed by atoms with Gasteiger partial charge in [-0.25, -0.2) is 4.99 Å². The van der Waals surface area contributed by atoms with Gasteiger partial charge in [-0.05, 0) is 65.4 Å². The van der Waals surface area contributed by atoms with Crippen molar-refractivity contribution in [1.29, 1.82) is 0 Å². The molecule has 0 spiro atoms. The first-order chi connectivity index (χ1) is 14.6. The Morgan fingerprint density at radius 3 is 2.30 bits per heavy atom. The number of nitrogens with zero attached hydrogens (tertiary/aromatic N) is 2. The van der Waals surface area contributed by atoms with E-state index in [1.807, 2.05) is 47.9 Å². The quantitative estimate of drug-likeness (QED) is 0.572. The minimum atomic E-state index is -0.132. The Kier molecular flexibility index (Phi) is 5.77. The van der Waals surface area contributed by atoms with Crippen LogP contribution in [0.3, 0.4) is 0 Å². The molecule has 1 amide bonds. The molecule has 0 bridgehead atoms. The van der Waals surface area contributed by atoms with E-state index in [0.29, 0.717) is 24.5 Å². The van der Waals surface area contributed by atoms with Crippen molar-refractivity contribution in [2.75, 3.05) is 6.54 Å². The standard InChI is InChI=1S/C24H20N2O3S/c27-19-8-3-17(4-9-19)7-12-23-25-22(16-21-2-1-15-30-21)24(29)26(23)14-13-18-5-10-20(28)11-6-18/h1-12,15-16,27-28H,13-14H2/b12-7+,22-16-. The van der Waals surface area contributed by atoms with Crippen molar-refractivity contribution in [3.05, 3.63) is 93.8 Å². The second-order valence-electron chi connectivity index (χ2n) is 6.81. The normalized spacial score (nSPS) is 15.3. The van der Waals surface area contributed by atoms with Crippen molar-refractivity contribution in [2.24, 2.45) is 4.99 Å². The van der Waals surface area contributed by atoms with E-state index in [2.05, 4.69) is 4.99 Å². The third kappa shape index (κ3) is 4.67. The number of amides is 1. The first-order valence-corrected chi connectivity index (χ1v) is 10.4. The summed E-state index contributed by atoms with van der Waals surface area (Å²) in [5.41, 5.74) is 2.34. The van der Waals surface area contributed by atoms with Crippen molar-refractivity contribution >= 4 is 35.2 Å². The van der Waals surface area contributed by atoms with Gasteiger partial charge in [0.25, 0.3) is 5.91 Å². The van der Waals surface area contributed by atoms with Crippen LogP contribution in [-0.2, 0) is 11.2 Å². The third-order valence-corrected chi connectivity index (χ3v) is 5.50. The van der Waals surface area contributed by atoms with E-state index in [-0.39, 0.29) is 17.4 Å². The molecule has 0 aliphatic carbocycles. The molecule has 0 atom stereocenters. The molecule has 2 heterocycles. The molecular weight excluding hydrogens is 396 g/mol. The summed E-state index contributed by atoms with van der Waals surface area (Å²) >= 11 is 1.56. The second kappa shape index (κ2) is 8.80. The molecule has 0 saturated carbocycles. The van der Waals surface area contributed by atoms with Crippen LogP contribution in [0.15, 0.2) is 82.8 Å². The summed E-state index contributed by atoms with van der Waals surface area (Å²) in [4.78, 5) is 20.2. The second-order valence-corrected chi connectivity index (χ2v) is 7.79. The number of phenolic OH excluding ortho intramolecular Hbond substituents is 2. The maximum Gasteiger partial charge on any atom is 0.278 e. The SMILES string of the molecule is O=C1/C(=C/c2cccs2)N=C(/C=C/c2ccc(O)cc2)N1CCc1ccc(O)cc1. The van der Waals surface area contributed by atoms with Gasteiger partial charge in [-0.15, -0.1) is 11.3 Å². The maximum atomic E-state index is 13.0. The molecule has 2 aromatic carbocycles. The summed E-state index contributed by atoms with van der Waals surface area (Å²) in [6.07, 6.45) is 6.13. The van der Waals surface area contributed by atoms with Crippen LogP contribution in [-0.4, -0.2) is 33.4 Å². The van der Waals surface area contributed by atoms with Gasteiger partial charge in [0.2, 0.25) is 0 Å². The number of carbonyl (C=O) groups is 1. The summed E-state index contributed by atoms with van der Waals surface area (Å²) in [6, 6.07) is 17.7. The lowest BCUT2D eigenvalue weighted by atomic mass is 10.1. The van der Waals surface area contributed by atoms with Gasteiger partial charge in [0.05, 0.1) is 0 Å². The van der Waals surface area contributed by atoms with E-state index >= 15 is 0 Å². The van der Waals surface area contributed by atoms with E-state index in [1.165, 1.54) is 0 Å². The number of benzene rings is 2. The number of rotatable bonds is 6. The summed E-state index contributed by atoms with van der Waals surface area (Å²) < 4.78 is 0. The Morgan fingerprint density at radius 2 is 1.63 bits per heavy atom. The smallest absolute Gasteiger partial charge is 0.278 e. The summed E-state index contributed by atoms with van der Waals surface area (Å²) in [5.74, 6) is 0.871. The summed E-state index contributed by atoms with van der Waals surface area (Å²) in [7, 11) is 0. The highest BCUT2D eigenvalue weighted by Gasteiger charge is 2.28. The van der Waals surface area contributed by atoms with Crippen LogP contribution in [0, 0.1) is 0 Å². The molecular formula is C24H20N2O3S. The van der Waals surface area contributed by atoms with Gasteiger partial charge < -0.3 is 10.2 Å². The van der Waals surface area contributed by atoms with Gasteiger partial charge in [0.15, 0.2) is 0 Å². The van der Waals surface area contributed by atoms with Crippen molar-refractivity contribution < 1.29 is 15.0 Å². The van der Waals surface area contributed by atoms with Gasteiger partial charge in [0, 0.05) is 11.4 Å². The van der Waals surface area contributed by atoms with Gasteiger partial charge in [0.1, 0.15) is 23.0 Å². The molecule has 1 aliphatic rings. The molecule has 0 unspecified atom stereocenters. The molecule has 150 valence electrons. The molecule has 4 rings (SSSR count). The first-order valence-electron chi connectivity index (χ1n) is 9.49. The number of carbonyl (C=O) groups excluding carboxylic acids is 1. The lowest BCUT2D eigenvalue weighted by Gasteiger charge is -2.16. The van der Waals surface area contributed by atoms with Crippen LogP contribution >= 0.6 is 11.3 Å². The van der Waals surface area contributed by atoms with Crippen molar-refractivity contribution in [3.63, 3.8) is 0 Å². The Hall–Kier alpha value is -3.64. The van der Waals surface area contributed by atoms with E-state index in [1.54, 1.807) is 52.6 Å². The predicted octanol–water partition coefficient (Wildman–Crippen LogP) is 4.70. The lowest BCUT2D eigenvalue weighted by Crippen LogP contribution is -2.33. The van der Waals surface area contributed by atoms with E-state index in [0.717, 1.165) is 16.0 Å². The van der Waals surface area contributed by atoms with Crippen molar-refractivity contribution in [1.82, 2.24) is 4.90 Å². The summed E-state index contributed by atoms with van der Waals surface area (Å²) in [6.45, 7) is 0.476. The number of hydrogen-bond donors (Lipinski definition) is 2. The molecule has 1 aliphatic heterocycles. The predicted molar refractivity (Wildman–Crippen MR) is 120 cm³/mol. The molecule has 30 heavy (non-hydrogen) atoms. The molecule has 1 aromatic heterocycles. The zero-order chi connectivity index (χ0) is 20.9. The Morgan fingerprint density at radius 1 is 0.933 bits per heavy atom. The minimum absolute atomic E-state index is 0.132. The summed E-state index contributed by atoms with van der Waals surface area (Å²) in [5, 5.41) is 20.9. The monoisotopic (exact) mass is 416 g/mol. The highest BCUT2D eigenvalue weighted by molar-refractivity contribution is 7.10. The van der Waals surface area contributed by atoms with Crippen LogP contribution in [0.5, 0.6) is 11.5 Å². The molecule has 5 nitrogen and oxygen atoms in total. The average Bonchev–Trinajstić information content (AvgIpc) is 3.36. The fourth-order valence-corrected chi connectivity index (χ4v) is 3.73. The number of thiophene rings is 1. The van der Waals surface area contributed by atoms with Crippen molar-refractivity contribution in [3.8, 4) is 11.5 Å². The van der Waals surface area contributed by atoms with Crippen LogP contribution in [0.1, 0.15) is 16.0 Å². The van der Waals surface area contributed by atoms with E-state index in [4.69, 9.17) is 0 Å². The lowest BCUT2D eigenvalue weighted by molar-refractivity contribution is -0.122. The van der Waals surface area contributed by atoms with Gasteiger partial charge in [-0.2, -0.15) is 0 Å². The van der Waals surface area contributed by atoms with Crippen LogP contribution in [0.25, 0.3) is 12.2 Å². The van der Waals surface area contributed by atoms with Crippen LogP contribution in [0.4, 0.5) is 0 Å². The third-order valence-electron chi connectivity index (χ3n) is 4.68. The number of aromatic hydroxyl groups is 2. The topological polar surface area (TPSA) is 73.1 Å². The Bertz CT molecular complexity index is 1110. The zero-order valence-electron chi connectivity index (χ0n) is 16.1. The minimum Gasteiger partial charge on any atom is -0.508 e. The number of aliphatic imine (C=N–C) groups is 1. The molecule has 3 aromatic rings. The van der Waals surface area contributed by atoms with Crippen LogP contribution in [0.2, 0.25) is 0 Å². The number of hydrogen-bond acceptors (Lipinski definition) is 5. The maximum absolute atomic E-state index is 13.0. The van der Waals surface area contributed by atoms with Crippen molar-refractivity contribution in [2.45, 2.75) is 6.42 Å². The molecule has 0 fully saturated rings. The molecule has 2 N–H and O–H groups in total. The molecule has 0 saturated heterocycles. The fraction of sp³-hybridized carbons (Fsp3) is 0.0833.